The predicted octanol–water partition coefficient (Wildman–Crippen LogP) is 1.68. The summed E-state index contributed by atoms with van der Waals surface area (Å²) in [4.78, 5) is 36.2. The molecular formula is C20H20N4O3. The standard InChI is InChI=1S/C20H20N4O3/c1-13-7-9-14(10-8-13)19(26)21-11-18(25)22-23-20(27)16-12-24(2)17-6-4-3-5-15(16)17/h3-10,12H,11H2,1-2H3,(H,21,26)(H,22,25)(H,23,27). The zero-order chi connectivity index (χ0) is 19.4. The van der Waals surface area contributed by atoms with Gasteiger partial charge in [0.1, 0.15) is 0 Å². The van der Waals surface area contributed by atoms with Gasteiger partial charge >= 0.3 is 0 Å². The van der Waals surface area contributed by atoms with Crippen LogP contribution in [0.3, 0.4) is 0 Å². The number of nitrogens with one attached hydrogen (secondary N) is 3. The molecule has 3 N–H and O–H groups in total. The fraction of sp³-hybridized carbons (Fsp3) is 0.150. The maximum Gasteiger partial charge on any atom is 0.271 e. The highest BCUT2D eigenvalue weighted by molar-refractivity contribution is 6.07. The Hall–Kier alpha value is -3.61. The largest absolute Gasteiger partial charge is 0.350 e. The molecule has 0 bridgehead atoms. The number of fused-ring (bicyclic) bond motifs is 1. The van der Waals surface area contributed by atoms with Crippen molar-refractivity contribution in [2.24, 2.45) is 7.05 Å². The summed E-state index contributed by atoms with van der Waals surface area (Å²) < 4.78 is 1.84. The van der Waals surface area contributed by atoms with E-state index in [2.05, 4.69) is 16.2 Å². The van der Waals surface area contributed by atoms with Gasteiger partial charge in [-0.15, -0.1) is 0 Å². The first-order chi connectivity index (χ1) is 13.0. The number of amides is 3. The van der Waals surface area contributed by atoms with Crippen LogP contribution in [0.4, 0.5) is 0 Å². The molecule has 7 heteroatoms. The van der Waals surface area contributed by atoms with Gasteiger partial charge in [-0.05, 0) is 25.1 Å². The van der Waals surface area contributed by atoms with E-state index < -0.39 is 11.8 Å². The highest BCUT2D eigenvalue weighted by Gasteiger charge is 2.14. The van der Waals surface area contributed by atoms with Crippen molar-refractivity contribution < 1.29 is 14.4 Å². The zero-order valence-corrected chi connectivity index (χ0v) is 15.1. The lowest BCUT2D eigenvalue weighted by molar-refractivity contribution is -0.120. The minimum Gasteiger partial charge on any atom is -0.350 e. The summed E-state index contributed by atoms with van der Waals surface area (Å²) in [7, 11) is 1.85. The molecule has 0 radical (unpaired) electrons. The third kappa shape index (κ3) is 4.14. The van der Waals surface area contributed by atoms with Crippen molar-refractivity contribution in [3.05, 3.63) is 71.4 Å². The van der Waals surface area contributed by atoms with E-state index in [1.54, 1.807) is 18.3 Å². The molecule has 3 rings (SSSR count). The Kier molecular flexibility index (Phi) is 5.21. The minimum atomic E-state index is -0.524. The normalized spacial score (nSPS) is 10.4. The average molecular weight is 364 g/mol. The second-order valence-corrected chi connectivity index (χ2v) is 6.22. The summed E-state index contributed by atoms with van der Waals surface area (Å²) in [5.74, 6) is -1.31. The first kappa shape index (κ1) is 18.2. The molecule has 0 atom stereocenters. The maximum atomic E-state index is 12.3. The molecule has 0 fully saturated rings. The number of carbonyl (C=O) groups is 3. The maximum absolute atomic E-state index is 12.3. The molecule has 0 aliphatic heterocycles. The number of hydrogen-bond acceptors (Lipinski definition) is 3. The number of hydrazine groups is 1. The van der Waals surface area contributed by atoms with Crippen molar-refractivity contribution in [3.8, 4) is 0 Å². The monoisotopic (exact) mass is 364 g/mol. The van der Waals surface area contributed by atoms with Crippen LogP contribution in [0.15, 0.2) is 54.7 Å². The number of aryl methyl sites for hydroxylation is 2. The van der Waals surface area contributed by atoms with Crippen LogP contribution in [0.25, 0.3) is 10.9 Å². The van der Waals surface area contributed by atoms with E-state index >= 15 is 0 Å². The third-order valence-electron chi connectivity index (χ3n) is 4.18. The first-order valence-corrected chi connectivity index (χ1v) is 8.44. The molecule has 138 valence electrons. The van der Waals surface area contributed by atoms with Crippen LogP contribution in [-0.4, -0.2) is 28.8 Å². The predicted molar refractivity (Wildman–Crippen MR) is 102 cm³/mol. The average Bonchev–Trinajstić information content (AvgIpc) is 3.02. The Labute approximate surface area is 156 Å². The highest BCUT2D eigenvalue weighted by Crippen LogP contribution is 2.19. The van der Waals surface area contributed by atoms with E-state index in [4.69, 9.17) is 0 Å². The molecule has 1 aromatic heterocycles. The van der Waals surface area contributed by atoms with Crippen molar-refractivity contribution in [2.75, 3.05) is 6.54 Å². The number of rotatable bonds is 4. The SMILES string of the molecule is Cc1ccc(C(=O)NCC(=O)NNC(=O)c2cn(C)c3ccccc23)cc1. The van der Waals surface area contributed by atoms with E-state index in [0.717, 1.165) is 16.5 Å². The lowest BCUT2D eigenvalue weighted by atomic mass is 10.1. The molecule has 3 aromatic rings. The van der Waals surface area contributed by atoms with E-state index in [0.29, 0.717) is 11.1 Å². The fourth-order valence-corrected chi connectivity index (χ4v) is 2.73. The van der Waals surface area contributed by atoms with Gasteiger partial charge in [0.15, 0.2) is 0 Å². The summed E-state index contributed by atoms with van der Waals surface area (Å²) in [5, 5.41) is 3.30. The van der Waals surface area contributed by atoms with E-state index in [1.165, 1.54) is 0 Å². The molecule has 0 saturated heterocycles. The molecule has 27 heavy (non-hydrogen) atoms. The molecular weight excluding hydrogens is 344 g/mol. The molecule has 3 amide bonds. The Balaban J connectivity index is 1.53. The second kappa shape index (κ2) is 7.74. The number of benzene rings is 2. The van der Waals surface area contributed by atoms with E-state index in [-0.39, 0.29) is 12.5 Å². The summed E-state index contributed by atoms with van der Waals surface area (Å²) in [6.45, 7) is 1.68. The molecule has 0 unspecified atom stereocenters. The molecule has 1 heterocycles. The van der Waals surface area contributed by atoms with Crippen LogP contribution in [0.1, 0.15) is 26.3 Å². The molecule has 0 spiro atoms. The zero-order valence-electron chi connectivity index (χ0n) is 15.1. The molecule has 0 aliphatic carbocycles. The van der Waals surface area contributed by atoms with Crippen LogP contribution in [0, 0.1) is 6.92 Å². The van der Waals surface area contributed by atoms with Crippen LogP contribution < -0.4 is 16.2 Å². The Morgan fingerprint density at radius 1 is 0.926 bits per heavy atom. The van der Waals surface area contributed by atoms with Crippen molar-refractivity contribution in [2.45, 2.75) is 6.92 Å². The Morgan fingerprint density at radius 2 is 1.63 bits per heavy atom. The topological polar surface area (TPSA) is 92.2 Å². The molecule has 2 aromatic carbocycles. The number of para-hydroxylation sites is 1. The van der Waals surface area contributed by atoms with Crippen molar-refractivity contribution in [1.82, 2.24) is 20.7 Å². The van der Waals surface area contributed by atoms with Crippen LogP contribution in [0.2, 0.25) is 0 Å². The second-order valence-electron chi connectivity index (χ2n) is 6.22. The Morgan fingerprint density at radius 3 is 2.37 bits per heavy atom. The first-order valence-electron chi connectivity index (χ1n) is 8.44. The summed E-state index contributed by atoms with van der Waals surface area (Å²) >= 11 is 0. The Bertz CT molecular complexity index is 1010. The lowest BCUT2D eigenvalue weighted by Gasteiger charge is -2.08. The summed E-state index contributed by atoms with van der Waals surface area (Å²) in [6.07, 6.45) is 1.70. The lowest BCUT2D eigenvalue weighted by Crippen LogP contribution is -2.46. The summed E-state index contributed by atoms with van der Waals surface area (Å²) in [5.41, 5.74) is 7.56. The van der Waals surface area contributed by atoms with Gasteiger partial charge < -0.3 is 9.88 Å². The van der Waals surface area contributed by atoms with Gasteiger partial charge in [-0.3, -0.25) is 25.2 Å². The van der Waals surface area contributed by atoms with Crippen LogP contribution >= 0.6 is 0 Å². The van der Waals surface area contributed by atoms with Crippen LogP contribution in [-0.2, 0) is 11.8 Å². The van der Waals surface area contributed by atoms with Crippen molar-refractivity contribution in [1.29, 1.82) is 0 Å². The fourth-order valence-electron chi connectivity index (χ4n) is 2.73. The molecule has 0 aliphatic rings. The van der Waals surface area contributed by atoms with Crippen LogP contribution in [0.5, 0.6) is 0 Å². The van der Waals surface area contributed by atoms with Gasteiger partial charge in [0.2, 0.25) is 0 Å². The van der Waals surface area contributed by atoms with E-state index in [9.17, 15) is 14.4 Å². The van der Waals surface area contributed by atoms with E-state index in [1.807, 2.05) is 54.9 Å². The molecule has 0 saturated carbocycles. The van der Waals surface area contributed by atoms with Gasteiger partial charge in [-0.25, -0.2) is 0 Å². The number of nitrogens with zero attached hydrogens (tertiary/aromatic N) is 1. The van der Waals surface area contributed by atoms with Gasteiger partial charge in [0.05, 0.1) is 12.1 Å². The number of hydrogen-bond donors (Lipinski definition) is 3. The third-order valence-corrected chi connectivity index (χ3v) is 4.18. The van der Waals surface area contributed by atoms with Crippen molar-refractivity contribution in [3.63, 3.8) is 0 Å². The highest BCUT2D eigenvalue weighted by atomic mass is 16.2. The van der Waals surface area contributed by atoms with Gasteiger partial charge in [0.25, 0.3) is 17.7 Å². The molecule has 7 nitrogen and oxygen atoms in total. The summed E-state index contributed by atoms with van der Waals surface area (Å²) in [6, 6.07) is 14.5. The van der Waals surface area contributed by atoms with Gasteiger partial charge in [-0.2, -0.15) is 0 Å². The smallest absolute Gasteiger partial charge is 0.271 e. The quantitative estimate of drug-likeness (QED) is 0.615. The van der Waals surface area contributed by atoms with Crippen molar-refractivity contribution >= 4 is 28.6 Å². The van der Waals surface area contributed by atoms with Gasteiger partial charge in [0, 0.05) is 29.7 Å². The number of aromatic nitrogens is 1. The minimum absolute atomic E-state index is 0.247. The van der Waals surface area contributed by atoms with Gasteiger partial charge in [-0.1, -0.05) is 35.9 Å². The number of carbonyl (C=O) groups excluding carboxylic acids is 3.